The third-order valence-electron chi connectivity index (χ3n) is 3.42. The van der Waals surface area contributed by atoms with Gasteiger partial charge in [0.2, 0.25) is 0 Å². The molecule has 0 aliphatic carbocycles. The topological polar surface area (TPSA) is 185 Å². The number of nitro groups is 2. The van der Waals surface area contributed by atoms with E-state index in [1.54, 1.807) is 6.92 Å². The lowest BCUT2D eigenvalue weighted by molar-refractivity contribution is -0.385. The van der Waals surface area contributed by atoms with Crippen LogP contribution in [0.3, 0.4) is 0 Å². The van der Waals surface area contributed by atoms with Gasteiger partial charge in [-0.2, -0.15) is 10.2 Å². The number of alkyl halides is 1. The highest BCUT2D eigenvalue weighted by Gasteiger charge is 2.09. The molecule has 184 valence electrons. The van der Waals surface area contributed by atoms with Crippen molar-refractivity contribution in [3.63, 3.8) is 0 Å². The Morgan fingerprint density at radius 2 is 1.61 bits per heavy atom. The summed E-state index contributed by atoms with van der Waals surface area (Å²) in [4.78, 5) is 40.7. The number of aryl methyl sites for hydroxylation is 1. The van der Waals surface area contributed by atoms with Crippen LogP contribution in [0.5, 0.6) is 0 Å². The Kier molecular flexibility index (Phi) is 16.4. The van der Waals surface area contributed by atoms with E-state index in [0.29, 0.717) is 39.0 Å². The van der Waals surface area contributed by atoms with Gasteiger partial charge in [0.05, 0.1) is 29.3 Å². The van der Waals surface area contributed by atoms with Crippen LogP contribution in [0.1, 0.15) is 39.5 Å². The van der Waals surface area contributed by atoms with Crippen LogP contribution in [0.2, 0.25) is 0 Å². The van der Waals surface area contributed by atoms with E-state index in [2.05, 4.69) is 36.0 Å². The zero-order chi connectivity index (χ0) is 25.1. The predicted molar refractivity (Wildman–Crippen MR) is 120 cm³/mol. The number of esters is 2. The van der Waals surface area contributed by atoms with Gasteiger partial charge in [0, 0.05) is 24.7 Å². The number of halogens is 1. The fourth-order valence-corrected chi connectivity index (χ4v) is 2.26. The van der Waals surface area contributed by atoms with Crippen LogP contribution in [0, 0.1) is 20.2 Å². The van der Waals surface area contributed by atoms with E-state index in [4.69, 9.17) is 4.74 Å². The second-order valence-corrected chi connectivity index (χ2v) is 6.73. The number of carbonyl (C=O) groups excluding carboxylic acids is 2. The molecule has 0 atom stereocenters. The van der Waals surface area contributed by atoms with Gasteiger partial charge in [0.25, 0.3) is 0 Å². The predicted octanol–water partition coefficient (Wildman–Crippen LogP) is 3.18. The zero-order valence-electron chi connectivity index (χ0n) is 18.3. The molecule has 0 aromatic carbocycles. The summed E-state index contributed by atoms with van der Waals surface area (Å²) in [6.45, 7) is 4.88. The van der Waals surface area contributed by atoms with Crippen molar-refractivity contribution in [2.45, 2.75) is 46.1 Å². The summed E-state index contributed by atoms with van der Waals surface area (Å²) in [6, 6.07) is 0. The highest BCUT2D eigenvalue weighted by atomic mass is 79.9. The Morgan fingerprint density at radius 1 is 1.03 bits per heavy atom. The first-order valence-electron chi connectivity index (χ1n) is 9.92. The number of ether oxygens (including phenoxy) is 2. The SMILES string of the molecule is CCOC(=O)CCCBr.CCOC(=O)CCCn1cc([N+](=O)[O-])cn1.O=[N+]([O-])c1cn[nH]c1. The lowest BCUT2D eigenvalue weighted by Crippen LogP contribution is -2.06. The molecule has 0 radical (unpaired) electrons. The molecule has 0 fully saturated rings. The van der Waals surface area contributed by atoms with Gasteiger partial charge in [-0.05, 0) is 26.7 Å². The average Bonchev–Trinajstić information content (AvgIpc) is 3.46. The van der Waals surface area contributed by atoms with E-state index in [0.717, 1.165) is 17.9 Å². The number of nitrogens with zero attached hydrogens (tertiary/aromatic N) is 5. The molecule has 0 spiro atoms. The second-order valence-electron chi connectivity index (χ2n) is 5.94. The van der Waals surface area contributed by atoms with Crippen LogP contribution in [-0.4, -0.2) is 60.3 Å². The van der Waals surface area contributed by atoms with Crippen LogP contribution in [0.25, 0.3) is 0 Å². The van der Waals surface area contributed by atoms with Crippen molar-refractivity contribution in [3.8, 4) is 0 Å². The Balaban J connectivity index is 0.000000510. The van der Waals surface area contributed by atoms with Crippen molar-refractivity contribution in [1.29, 1.82) is 0 Å². The molecule has 0 unspecified atom stereocenters. The van der Waals surface area contributed by atoms with Gasteiger partial charge in [-0.25, -0.2) is 0 Å². The number of rotatable bonds is 11. The fourth-order valence-electron chi connectivity index (χ4n) is 1.98. The van der Waals surface area contributed by atoms with E-state index < -0.39 is 9.85 Å². The molecule has 15 heteroatoms. The number of carbonyl (C=O) groups is 2. The Labute approximate surface area is 198 Å². The second kappa shape index (κ2) is 18.2. The van der Waals surface area contributed by atoms with Crippen LogP contribution < -0.4 is 0 Å². The monoisotopic (exact) mass is 534 g/mol. The largest absolute Gasteiger partial charge is 0.466 e. The first-order valence-corrected chi connectivity index (χ1v) is 11.0. The van der Waals surface area contributed by atoms with Crippen molar-refractivity contribution in [2.75, 3.05) is 18.5 Å². The van der Waals surface area contributed by atoms with E-state index in [1.165, 1.54) is 23.3 Å². The number of hydrogen-bond donors (Lipinski definition) is 1. The number of H-pyrrole nitrogens is 1. The number of aromatic nitrogens is 4. The lowest BCUT2D eigenvalue weighted by atomic mass is 10.3. The van der Waals surface area contributed by atoms with E-state index in [-0.39, 0.29) is 23.3 Å². The maximum Gasteiger partial charge on any atom is 0.306 e. The molecule has 2 aromatic heterocycles. The fraction of sp³-hybridized carbons (Fsp3) is 0.556. The molecule has 0 aliphatic heterocycles. The third kappa shape index (κ3) is 15.1. The van der Waals surface area contributed by atoms with Gasteiger partial charge in [0.1, 0.15) is 18.6 Å². The first-order chi connectivity index (χ1) is 15.7. The maximum atomic E-state index is 11.0. The lowest BCUT2D eigenvalue weighted by Gasteiger charge is -2.01. The van der Waals surface area contributed by atoms with E-state index >= 15 is 0 Å². The molecule has 14 nitrogen and oxygen atoms in total. The number of hydrogen-bond acceptors (Lipinski definition) is 10. The van der Waals surface area contributed by atoms with Gasteiger partial charge in [-0.1, -0.05) is 15.9 Å². The Bertz CT molecular complexity index is 843. The molecule has 0 amide bonds. The van der Waals surface area contributed by atoms with Crippen LogP contribution in [0.15, 0.2) is 24.8 Å². The molecule has 0 aliphatic rings. The van der Waals surface area contributed by atoms with E-state index in [9.17, 15) is 29.8 Å². The first kappa shape index (κ1) is 29.6. The molecular weight excluding hydrogens is 508 g/mol. The van der Waals surface area contributed by atoms with Crippen molar-refractivity contribution >= 4 is 39.2 Å². The summed E-state index contributed by atoms with van der Waals surface area (Å²) in [7, 11) is 0. The summed E-state index contributed by atoms with van der Waals surface area (Å²) in [5, 5.41) is 30.5. The summed E-state index contributed by atoms with van der Waals surface area (Å²) < 4.78 is 10.9. The summed E-state index contributed by atoms with van der Waals surface area (Å²) in [5.41, 5.74) is -0.0545. The highest BCUT2D eigenvalue weighted by Crippen LogP contribution is 2.08. The highest BCUT2D eigenvalue weighted by molar-refractivity contribution is 9.09. The van der Waals surface area contributed by atoms with Crippen LogP contribution in [0.4, 0.5) is 11.4 Å². The molecular formula is C18H27BrN6O8. The minimum absolute atomic E-state index is 0.00926. The molecule has 1 N–H and O–H groups in total. The summed E-state index contributed by atoms with van der Waals surface area (Å²) in [6.07, 6.45) is 7.13. The molecule has 2 heterocycles. The van der Waals surface area contributed by atoms with Crippen LogP contribution in [-0.2, 0) is 25.6 Å². The molecule has 2 aromatic rings. The van der Waals surface area contributed by atoms with Gasteiger partial charge in [-0.3, -0.25) is 39.6 Å². The third-order valence-corrected chi connectivity index (χ3v) is 3.98. The summed E-state index contributed by atoms with van der Waals surface area (Å²) >= 11 is 3.22. The smallest absolute Gasteiger partial charge is 0.306 e. The molecule has 0 saturated carbocycles. The van der Waals surface area contributed by atoms with Gasteiger partial charge < -0.3 is 9.47 Å². The number of nitrogens with one attached hydrogen (secondary N) is 1. The van der Waals surface area contributed by atoms with Gasteiger partial charge in [-0.15, -0.1) is 0 Å². The van der Waals surface area contributed by atoms with E-state index in [1.807, 2.05) is 6.92 Å². The van der Waals surface area contributed by atoms with Gasteiger partial charge in [0.15, 0.2) is 0 Å². The van der Waals surface area contributed by atoms with Crippen molar-refractivity contribution in [2.24, 2.45) is 0 Å². The van der Waals surface area contributed by atoms with Crippen molar-refractivity contribution in [3.05, 3.63) is 45.0 Å². The van der Waals surface area contributed by atoms with Gasteiger partial charge >= 0.3 is 23.3 Å². The van der Waals surface area contributed by atoms with Crippen molar-refractivity contribution < 1.29 is 28.9 Å². The Morgan fingerprint density at radius 3 is 2.00 bits per heavy atom. The molecule has 0 saturated heterocycles. The maximum absolute atomic E-state index is 11.0. The number of aromatic amines is 1. The minimum atomic E-state index is -0.510. The quantitative estimate of drug-likeness (QED) is 0.194. The molecule has 0 bridgehead atoms. The van der Waals surface area contributed by atoms with Crippen molar-refractivity contribution in [1.82, 2.24) is 20.0 Å². The van der Waals surface area contributed by atoms with Crippen LogP contribution >= 0.6 is 15.9 Å². The minimum Gasteiger partial charge on any atom is -0.466 e. The standard InChI is InChI=1S/C9H13N3O4.C6H11BrO2.C3H3N3O2/c1-2-16-9(13)4-3-5-11-7-8(6-10-11)12(14)15;1-2-9-6(8)4-3-5-7;7-6(8)3-1-4-5-2-3/h6-7H,2-5H2,1H3;2-5H2,1H3;1-2H,(H,4,5). The normalized spacial score (nSPS) is 9.55. The zero-order valence-corrected chi connectivity index (χ0v) is 19.9. The Hall–Kier alpha value is -3.36. The molecule has 2 rings (SSSR count). The average molecular weight is 535 g/mol. The summed E-state index contributed by atoms with van der Waals surface area (Å²) in [5.74, 6) is -0.360. The molecule has 33 heavy (non-hydrogen) atoms.